The van der Waals surface area contributed by atoms with Crippen LogP contribution in [0, 0.1) is 10.1 Å². The van der Waals surface area contributed by atoms with Gasteiger partial charge in [0.15, 0.2) is 0 Å². The molecule has 0 radical (unpaired) electrons. The fourth-order valence-corrected chi connectivity index (χ4v) is 3.65. The number of nitro benzene ring substituents is 1. The van der Waals surface area contributed by atoms with Crippen molar-refractivity contribution < 1.29 is 18.1 Å². The monoisotopic (exact) mass is 404 g/mol. The number of nitro groups is 1. The summed E-state index contributed by atoms with van der Waals surface area (Å²) in [6.45, 7) is 0.226. The van der Waals surface area contributed by atoms with Crippen molar-refractivity contribution in [3.8, 4) is 0 Å². The van der Waals surface area contributed by atoms with Gasteiger partial charge < -0.3 is 5.32 Å². The lowest BCUT2D eigenvalue weighted by atomic mass is 10.3. The molecule has 0 aliphatic carbocycles. The summed E-state index contributed by atoms with van der Waals surface area (Å²) in [7, 11) is -3.96. The minimum Gasteiger partial charge on any atom is -0.300 e. The highest BCUT2D eigenvalue weighted by Crippen LogP contribution is 2.26. The summed E-state index contributed by atoms with van der Waals surface area (Å²) in [5.74, 6) is -0.423. The summed E-state index contributed by atoms with van der Waals surface area (Å²) in [5, 5.41) is 25.0. The molecule has 1 aromatic carbocycles. The Morgan fingerprint density at radius 1 is 1.36 bits per heavy atom. The topological polar surface area (TPSA) is 170 Å². The van der Waals surface area contributed by atoms with Gasteiger partial charge in [0.2, 0.25) is 15.4 Å². The molecule has 0 aliphatic rings. The average molecular weight is 404 g/mol. The predicted molar refractivity (Wildman–Crippen MR) is 91.5 cm³/mol. The third-order valence-electron chi connectivity index (χ3n) is 2.59. The van der Waals surface area contributed by atoms with Crippen LogP contribution < -0.4 is 15.2 Å². The number of hydrogen-bond acceptors (Lipinski definition) is 10. The highest BCUT2D eigenvalue weighted by Gasteiger charge is 2.16. The lowest BCUT2D eigenvalue weighted by Gasteiger charge is -2.04. The van der Waals surface area contributed by atoms with Gasteiger partial charge in [-0.3, -0.25) is 19.6 Å². The van der Waals surface area contributed by atoms with Crippen molar-refractivity contribution >= 4 is 50.0 Å². The van der Waals surface area contributed by atoms with Crippen molar-refractivity contribution in [1.29, 1.82) is 0 Å². The molecule has 2 rings (SSSR count). The van der Waals surface area contributed by atoms with Gasteiger partial charge in [-0.05, 0) is 18.0 Å². The van der Waals surface area contributed by atoms with Crippen LogP contribution in [0.2, 0.25) is 0 Å². The zero-order valence-corrected chi connectivity index (χ0v) is 14.9. The zero-order valence-electron chi connectivity index (χ0n) is 12.4. The number of benzene rings is 1. The molecule has 0 bridgehead atoms. The summed E-state index contributed by atoms with van der Waals surface area (Å²) in [4.78, 5) is 22.6. The number of hydrogen-bond donors (Lipinski definition) is 3. The number of nitrogens with one attached hydrogen (secondary N) is 2. The number of amides is 1. The third kappa shape index (κ3) is 5.71. The van der Waals surface area contributed by atoms with E-state index >= 15 is 0 Å². The molecule has 4 N–H and O–H groups in total. The molecular formula is C11H12N6O5S3. The van der Waals surface area contributed by atoms with Crippen LogP contribution in [0.15, 0.2) is 33.5 Å². The van der Waals surface area contributed by atoms with Gasteiger partial charge in [0.05, 0.1) is 4.92 Å². The molecule has 0 unspecified atom stereocenters. The lowest BCUT2D eigenvalue weighted by Crippen LogP contribution is -2.17. The van der Waals surface area contributed by atoms with E-state index in [2.05, 4.69) is 20.2 Å². The van der Waals surface area contributed by atoms with Crippen molar-refractivity contribution in [2.75, 3.05) is 11.9 Å². The largest absolute Gasteiger partial charge is 0.300 e. The Morgan fingerprint density at radius 2 is 2.08 bits per heavy atom. The maximum atomic E-state index is 11.7. The highest BCUT2D eigenvalue weighted by molar-refractivity contribution is 7.97. The van der Waals surface area contributed by atoms with Crippen molar-refractivity contribution in [3.05, 3.63) is 34.4 Å². The minimum atomic E-state index is -3.96. The first-order valence-electron chi connectivity index (χ1n) is 6.56. The van der Waals surface area contributed by atoms with Gasteiger partial charge in [-0.15, -0.1) is 10.2 Å². The van der Waals surface area contributed by atoms with Crippen LogP contribution in [0.3, 0.4) is 0 Å². The molecular weight excluding hydrogens is 392 g/mol. The number of sulfonamides is 1. The van der Waals surface area contributed by atoms with E-state index in [1.54, 1.807) is 18.2 Å². The van der Waals surface area contributed by atoms with E-state index in [4.69, 9.17) is 5.14 Å². The Morgan fingerprint density at radius 3 is 2.72 bits per heavy atom. The first-order valence-corrected chi connectivity index (χ1v) is 9.74. The summed E-state index contributed by atoms with van der Waals surface area (Å²) in [6, 6.07) is 6.21. The first kappa shape index (κ1) is 19.2. The molecule has 0 spiro atoms. The number of carbonyl (C=O) groups is 1. The minimum absolute atomic E-state index is 0.0142. The maximum absolute atomic E-state index is 11.7. The first-order chi connectivity index (χ1) is 11.8. The SMILES string of the molecule is NS(=O)(=O)c1nnc(NC(=O)CCNSc2ccccc2[N+](=O)[O-])s1. The summed E-state index contributed by atoms with van der Waals surface area (Å²) in [5.41, 5.74) is -0.0335. The van der Waals surface area contributed by atoms with Crippen LogP contribution >= 0.6 is 23.3 Å². The van der Waals surface area contributed by atoms with E-state index in [0.717, 1.165) is 11.9 Å². The van der Waals surface area contributed by atoms with E-state index in [1.165, 1.54) is 6.07 Å². The number of primary sulfonamides is 1. The Hall–Kier alpha value is -2.13. The quantitative estimate of drug-likeness (QED) is 0.188. The average Bonchev–Trinajstić information content (AvgIpc) is 3.00. The molecule has 0 saturated heterocycles. The highest BCUT2D eigenvalue weighted by atomic mass is 32.2. The van der Waals surface area contributed by atoms with E-state index < -0.39 is 25.2 Å². The molecule has 0 aliphatic heterocycles. The van der Waals surface area contributed by atoms with E-state index in [-0.39, 0.29) is 23.8 Å². The van der Waals surface area contributed by atoms with Crippen molar-refractivity contribution in [2.45, 2.75) is 15.7 Å². The number of anilines is 1. The standard InChI is InChI=1S/C11H12N6O5S3/c12-25(21,22)11-16-15-10(23-11)14-9(18)5-6-13-24-8-4-2-1-3-7(8)17(19)20/h1-4,13H,5-6H2,(H2,12,21,22)(H,14,15,18). The molecule has 1 heterocycles. The molecule has 134 valence electrons. The van der Waals surface area contributed by atoms with Gasteiger partial charge in [0.1, 0.15) is 4.90 Å². The number of rotatable bonds is 8. The van der Waals surface area contributed by atoms with Crippen molar-refractivity contribution in [2.24, 2.45) is 5.14 Å². The van der Waals surface area contributed by atoms with Crippen molar-refractivity contribution in [3.63, 3.8) is 0 Å². The summed E-state index contributed by atoms with van der Waals surface area (Å²) < 4.78 is 24.6. The van der Waals surface area contributed by atoms with Gasteiger partial charge >= 0.3 is 0 Å². The van der Waals surface area contributed by atoms with Crippen molar-refractivity contribution in [1.82, 2.24) is 14.9 Å². The smallest absolute Gasteiger partial charge is 0.284 e. The van der Waals surface area contributed by atoms with Crippen LogP contribution in [-0.2, 0) is 14.8 Å². The van der Waals surface area contributed by atoms with Crippen LogP contribution in [0.1, 0.15) is 6.42 Å². The Kier molecular flexibility index (Phi) is 6.38. The maximum Gasteiger partial charge on any atom is 0.284 e. The van der Waals surface area contributed by atoms with Gasteiger partial charge in [-0.1, -0.05) is 23.5 Å². The Bertz CT molecular complexity index is 884. The van der Waals surface area contributed by atoms with Crippen LogP contribution in [0.4, 0.5) is 10.8 Å². The molecule has 11 nitrogen and oxygen atoms in total. The lowest BCUT2D eigenvalue weighted by molar-refractivity contribution is -0.387. The van der Waals surface area contributed by atoms with Gasteiger partial charge in [0, 0.05) is 19.0 Å². The van der Waals surface area contributed by atoms with Gasteiger partial charge in [-0.25, -0.2) is 13.6 Å². The molecule has 14 heteroatoms. The van der Waals surface area contributed by atoms with Crippen LogP contribution in [-0.4, -0.2) is 36.0 Å². The molecule has 0 fully saturated rings. The molecule has 1 amide bonds. The number of aromatic nitrogens is 2. The van der Waals surface area contributed by atoms with Crippen LogP contribution in [0.5, 0.6) is 0 Å². The molecule has 0 saturated carbocycles. The molecule has 25 heavy (non-hydrogen) atoms. The number of nitrogens with two attached hydrogens (primary N) is 1. The second-order valence-corrected chi connectivity index (χ2v) is 8.08. The third-order valence-corrected chi connectivity index (χ3v) is 5.66. The van der Waals surface area contributed by atoms with E-state index in [9.17, 15) is 23.3 Å². The predicted octanol–water partition coefficient (Wildman–Crippen LogP) is 0.719. The fraction of sp³-hybridized carbons (Fsp3) is 0.182. The summed E-state index contributed by atoms with van der Waals surface area (Å²) in [6.07, 6.45) is 0.0396. The number of para-hydroxylation sites is 1. The second-order valence-electron chi connectivity index (χ2n) is 4.44. The summed E-state index contributed by atoms with van der Waals surface area (Å²) >= 11 is 1.68. The van der Waals surface area contributed by atoms with Gasteiger partial charge in [-0.2, -0.15) is 0 Å². The second kappa shape index (κ2) is 8.30. The van der Waals surface area contributed by atoms with E-state index in [0.29, 0.717) is 16.2 Å². The number of carbonyl (C=O) groups excluding carboxylic acids is 1. The van der Waals surface area contributed by atoms with Gasteiger partial charge in [0.25, 0.3) is 15.7 Å². The van der Waals surface area contributed by atoms with E-state index in [1.807, 2.05) is 0 Å². The Balaban J connectivity index is 1.80. The zero-order chi connectivity index (χ0) is 18.4. The number of nitrogens with zero attached hydrogens (tertiary/aromatic N) is 3. The molecule has 2 aromatic rings. The Labute approximate surface area is 150 Å². The van der Waals surface area contributed by atoms with Crippen LogP contribution in [0.25, 0.3) is 0 Å². The molecule has 1 aromatic heterocycles. The molecule has 0 atom stereocenters. The fourth-order valence-electron chi connectivity index (χ4n) is 1.54. The normalized spacial score (nSPS) is 11.2.